The second kappa shape index (κ2) is 12.1. The van der Waals surface area contributed by atoms with Crippen LogP contribution in [0.2, 0.25) is 0 Å². The molecule has 1 saturated heterocycles. The molecule has 1 amide bonds. The van der Waals surface area contributed by atoms with E-state index in [-0.39, 0.29) is 42.0 Å². The van der Waals surface area contributed by atoms with Crippen molar-refractivity contribution in [1.82, 2.24) is 16.0 Å². The van der Waals surface area contributed by atoms with Gasteiger partial charge in [-0.15, -0.1) is 24.0 Å². The number of guanidine groups is 1. The molecule has 6 nitrogen and oxygen atoms in total. The number of amides is 1. The van der Waals surface area contributed by atoms with Gasteiger partial charge in [-0.3, -0.25) is 9.79 Å². The first-order valence-electron chi connectivity index (χ1n) is 9.08. The Labute approximate surface area is 173 Å². The number of aliphatic imine (C=N–C) groups is 1. The van der Waals surface area contributed by atoms with Crippen molar-refractivity contribution in [3.8, 4) is 0 Å². The van der Waals surface area contributed by atoms with Crippen LogP contribution < -0.4 is 16.0 Å². The quantitative estimate of drug-likeness (QED) is 0.323. The number of halogens is 1. The lowest BCUT2D eigenvalue weighted by molar-refractivity contribution is 0.0939. The summed E-state index contributed by atoms with van der Waals surface area (Å²) < 4.78 is 5.60. The highest BCUT2D eigenvalue weighted by molar-refractivity contribution is 14.0. The zero-order valence-electron chi connectivity index (χ0n) is 15.9. The third-order valence-corrected chi connectivity index (χ3v) is 4.41. The van der Waals surface area contributed by atoms with Crippen molar-refractivity contribution in [3.05, 3.63) is 35.4 Å². The van der Waals surface area contributed by atoms with Crippen molar-refractivity contribution in [2.75, 3.05) is 20.2 Å². The minimum Gasteiger partial charge on any atom is -0.376 e. The maximum Gasteiger partial charge on any atom is 0.251 e. The molecule has 2 unspecified atom stereocenters. The van der Waals surface area contributed by atoms with E-state index in [1.54, 1.807) is 7.05 Å². The SMILES string of the molecule is CCC(C)NC(=O)c1ccc(CNC(=NC)NCC2CCCO2)cc1.I. The number of hydrogen-bond acceptors (Lipinski definition) is 3. The molecule has 1 aromatic carbocycles. The van der Waals surface area contributed by atoms with Gasteiger partial charge in [-0.25, -0.2) is 0 Å². The van der Waals surface area contributed by atoms with Crippen molar-refractivity contribution in [1.29, 1.82) is 0 Å². The third kappa shape index (κ3) is 7.49. The second-order valence-corrected chi connectivity index (χ2v) is 6.42. The summed E-state index contributed by atoms with van der Waals surface area (Å²) in [6.45, 7) is 6.34. The molecule has 146 valence electrons. The zero-order valence-corrected chi connectivity index (χ0v) is 18.2. The van der Waals surface area contributed by atoms with Crippen LogP contribution in [0.5, 0.6) is 0 Å². The minimum atomic E-state index is -0.0251. The fraction of sp³-hybridized carbons (Fsp3) is 0.579. The van der Waals surface area contributed by atoms with Gasteiger partial charge in [-0.05, 0) is 43.9 Å². The highest BCUT2D eigenvalue weighted by atomic mass is 127. The molecule has 0 aromatic heterocycles. The van der Waals surface area contributed by atoms with Gasteiger partial charge in [0.1, 0.15) is 0 Å². The predicted molar refractivity (Wildman–Crippen MR) is 116 cm³/mol. The summed E-state index contributed by atoms with van der Waals surface area (Å²) in [6, 6.07) is 7.83. The smallest absolute Gasteiger partial charge is 0.251 e. The van der Waals surface area contributed by atoms with E-state index in [2.05, 4.69) is 27.9 Å². The average molecular weight is 474 g/mol. The first kappa shape index (κ1) is 22.7. The Bertz CT molecular complexity index is 571. The highest BCUT2D eigenvalue weighted by Gasteiger charge is 2.15. The number of carbonyl (C=O) groups is 1. The van der Waals surface area contributed by atoms with Gasteiger partial charge in [0.05, 0.1) is 6.10 Å². The fourth-order valence-corrected chi connectivity index (χ4v) is 2.61. The molecule has 1 aliphatic heterocycles. The predicted octanol–water partition coefficient (Wildman–Crippen LogP) is 2.68. The Kier molecular flexibility index (Phi) is 10.6. The summed E-state index contributed by atoms with van der Waals surface area (Å²) in [5, 5.41) is 9.54. The molecule has 2 rings (SSSR count). The largest absolute Gasteiger partial charge is 0.376 e. The van der Waals surface area contributed by atoms with Gasteiger partial charge < -0.3 is 20.7 Å². The minimum absolute atomic E-state index is 0. The van der Waals surface area contributed by atoms with Gasteiger partial charge in [-0.1, -0.05) is 19.1 Å². The molecule has 1 heterocycles. The monoisotopic (exact) mass is 474 g/mol. The lowest BCUT2D eigenvalue weighted by atomic mass is 10.1. The van der Waals surface area contributed by atoms with Crippen LogP contribution in [0.3, 0.4) is 0 Å². The van der Waals surface area contributed by atoms with E-state index >= 15 is 0 Å². The molecule has 1 fully saturated rings. The Morgan fingerprint density at radius 1 is 1.31 bits per heavy atom. The molecule has 3 N–H and O–H groups in total. The van der Waals surface area contributed by atoms with Crippen LogP contribution in [0.25, 0.3) is 0 Å². The van der Waals surface area contributed by atoms with Crippen molar-refractivity contribution in [2.24, 2.45) is 4.99 Å². The zero-order chi connectivity index (χ0) is 18.1. The van der Waals surface area contributed by atoms with Crippen LogP contribution in [-0.4, -0.2) is 44.2 Å². The Hall–Kier alpha value is -1.35. The summed E-state index contributed by atoms with van der Waals surface area (Å²) in [6.07, 6.45) is 3.44. The van der Waals surface area contributed by atoms with Gasteiger partial charge in [0.25, 0.3) is 5.91 Å². The summed E-state index contributed by atoms with van der Waals surface area (Å²) in [5.41, 5.74) is 1.78. The van der Waals surface area contributed by atoms with Crippen LogP contribution in [0.4, 0.5) is 0 Å². The summed E-state index contributed by atoms with van der Waals surface area (Å²) >= 11 is 0. The molecule has 7 heteroatoms. The maximum atomic E-state index is 12.1. The van der Waals surface area contributed by atoms with Gasteiger partial charge in [0, 0.05) is 38.3 Å². The highest BCUT2D eigenvalue weighted by Crippen LogP contribution is 2.10. The van der Waals surface area contributed by atoms with Gasteiger partial charge in [0.2, 0.25) is 0 Å². The second-order valence-electron chi connectivity index (χ2n) is 6.42. The van der Waals surface area contributed by atoms with E-state index in [0.717, 1.165) is 43.9 Å². The van der Waals surface area contributed by atoms with Crippen molar-refractivity contribution in [2.45, 2.75) is 51.8 Å². The molecule has 0 aliphatic carbocycles. The summed E-state index contributed by atoms with van der Waals surface area (Å²) in [7, 11) is 1.76. The van der Waals surface area contributed by atoms with Crippen molar-refractivity contribution >= 4 is 35.8 Å². The average Bonchev–Trinajstić information content (AvgIpc) is 3.15. The van der Waals surface area contributed by atoms with Crippen LogP contribution in [0, 0.1) is 0 Å². The number of ether oxygens (including phenoxy) is 1. The van der Waals surface area contributed by atoms with E-state index in [4.69, 9.17) is 4.74 Å². The normalized spacial score (nSPS) is 18.0. The van der Waals surface area contributed by atoms with Crippen LogP contribution in [0.1, 0.15) is 49.0 Å². The van der Waals surface area contributed by atoms with Gasteiger partial charge >= 0.3 is 0 Å². The lowest BCUT2D eigenvalue weighted by Gasteiger charge is -2.15. The standard InChI is InChI=1S/C19H30N4O2.HI/c1-4-14(2)23-18(24)16-9-7-15(8-10-16)12-21-19(20-3)22-13-17-6-5-11-25-17;/h7-10,14,17H,4-6,11-13H2,1-3H3,(H,23,24)(H2,20,21,22);1H. The van der Waals surface area contributed by atoms with Crippen LogP contribution in [0.15, 0.2) is 29.3 Å². The molecule has 0 saturated carbocycles. The van der Waals surface area contributed by atoms with E-state index in [1.807, 2.05) is 31.2 Å². The first-order valence-corrected chi connectivity index (χ1v) is 9.08. The fourth-order valence-electron chi connectivity index (χ4n) is 2.61. The topological polar surface area (TPSA) is 74.8 Å². The van der Waals surface area contributed by atoms with Crippen molar-refractivity contribution in [3.63, 3.8) is 0 Å². The number of nitrogens with one attached hydrogen (secondary N) is 3. The first-order chi connectivity index (χ1) is 12.1. The Balaban J connectivity index is 0.00000338. The number of rotatable bonds is 7. The number of benzene rings is 1. The number of nitrogens with zero attached hydrogens (tertiary/aromatic N) is 1. The van der Waals surface area contributed by atoms with E-state index in [1.165, 1.54) is 0 Å². The molecule has 2 atom stereocenters. The molecule has 0 spiro atoms. The number of carbonyl (C=O) groups excluding carboxylic acids is 1. The Morgan fingerprint density at radius 2 is 2.04 bits per heavy atom. The van der Waals surface area contributed by atoms with E-state index < -0.39 is 0 Å². The summed E-state index contributed by atoms with van der Waals surface area (Å²) in [5.74, 6) is 0.733. The molecule has 26 heavy (non-hydrogen) atoms. The van der Waals surface area contributed by atoms with Gasteiger partial charge in [0.15, 0.2) is 5.96 Å². The molecule has 0 bridgehead atoms. The molecule has 1 aromatic rings. The van der Waals surface area contributed by atoms with E-state index in [9.17, 15) is 4.79 Å². The Morgan fingerprint density at radius 3 is 2.62 bits per heavy atom. The molecule has 1 aliphatic rings. The third-order valence-electron chi connectivity index (χ3n) is 4.41. The lowest BCUT2D eigenvalue weighted by Crippen LogP contribution is -2.40. The molecule has 0 radical (unpaired) electrons. The van der Waals surface area contributed by atoms with Crippen LogP contribution in [-0.2, 0) is 11.3 Å². The number of hydrogen-bond donors (Lipinski definition) is 3. The molecular formula is C19H31IN4O2. The van der Waals surface area contributed by atoms with E-state index in [0.29, 0.717) is 12.1 Å². The van der Waals surface area contributed by atoms with Gasteiger partial charge in [-0.2, -0.15) is 0 Å². The van der Waals surface area contributed by atoms with Crippen molar-refractivity contribution < 1.29 is 9.53 Å². The van der Waals surface area contributed by atoms with Crippen LogP contribution >= 0.6 is 24.0 Å². The maximum absolute atomic E-state index is 12.1. The summed E-state index contributed by atoms with van der Waals surface area (Å²) in [4.78, 5) is 16.3. The molecular weight excluding hydrogens is 443 g/mol.